The van der Waals surface area contributed by atoms with Crippen molar-refractivity contribution in [2.24, 2.45) is 0 Å². The summed E-state index contributed by atoms with van der Waals surface area (Å²) in [6.45, 7) is 7.11. The van der Waals surface area contributed by atoms with Gasteiger partial charge in [0.05, 0.1) is 21.1 Å². The summed E-state index contributed by atoms with van der Waals surface area (Å²) in [6, 6.07) is 6.38. The Hall–Kier alpha value is 0.1000. The quantitative estimate of drug-likeness (QED) is 0.462. The summed E-state index contributed by atoms with van der Waals surface area (Å²) in [7, 11) is 6.29. The predicted molar refractivity (Wildman–Crippen MR) is 97.5 cm³/mol. The van der Waals surface area contributed by atoms with E-state index in [1.807, 2.05) is 0 Å². The van der Waals surface area contributed by atoms with E-state index in [0.29, 0.717) is 5.92 Å². The Bertz CT molecular complexity index is 535. The van der Waals surface area contributed by atoms with Crippen molar-refractivity contribution in [3.8, 4) is 0 Å². The Morgan fingerprint density at radius 2 is 1.86 bits per heavy atom. The molecule has 1 rings (SSSR count). The second kappa shape index (κ2) is 7.12. The number of benzene rings is 1. The number of hydrogen-bond donors (Lipinski definition) is 2. The third-order valence-electron chi connectivity index (χ3n) is 3.19. The molecule has 0 fully saturated rings. The molecule has 1 N–H and O–H groups in total. The number of hydrogen-bond acceptors (Lipinski definition) is 2. The zero-order valence-electron chi connectivity index (χ0n) is 13.7. The highest BCUT2D eigenvalue weighted by Crippen LogP contribution is 2.52. The molecule has 21 heavy (non-hydrogen) atoms. The molecule has 6 heteroatoms. The summed E-state index contributed by atoms with van der Waals surface area (Å²) < 4.78 is 6.50. The molecule has 0 radical (unpaired) electrons. The largest absolute Gasteiger partial charge is 0.338 e. The fourth-order valence-corrected chi connectivity index (χ4v) is 3.52. The molecule has 0 aliphatic heterocycles. The maximum absolute atomic E-state index is 9.91. The van der Waals surface area contributed by atoms with Crippen LogP contribution in [0.4, 0.5) is 0 Å². The van der Waals surface area contributed by atoms with Crippen LogP contribution < -0.4 is 0 Å². The first-order chi connectivity index (χ1) is 9.39. The molecule has 1 aromatic rings. The van der Waals surface area contributed by atoms with Crippen molar-refractivity contribution in [3.05, 3.63) is 34.9 Å². The summed E-state index contributed by atoms with van der Waals surface area (Å²) >= 11 is 9.05. The monoisotopic (exact) mass is 348 g/mol. The van der Waals surface area contributed by atoms with E-state index >= 15 is 0 Å². The summed E-state index contributed by atoms with van der Waals surface area (Å²) in [6.07, 6.45) is -0.254. The molecule has 0 spiro atoms. The van der Waals surface area contributed by atoms with Crippen LogP contribution in [-0.2, 0) is 16.3 Å². The first-order valence-electron chi connectivity index (χ1n) is 7.04. The van der Waals surface area contributed by atoms with Gasteiger partial charge in [-0.25, -0.2) is 0 Å². The lowest BCUT2D eigenvalue weighted by Gasteiger charge is -2.32. The van der Waals surface area contributed by atoms with E-state index in [9.17, 15) is 4.89 Å². The first-order valence-corrected chi connectivity index (χ1v) is 10.9. The topological polar surface area (TPSA) is 29.5 Å². The molecule has 0 aliphatic rings. The van der Waals surface area contributed by atoms with E-state index in [4.69, 9.17) is 16.3 Å². The van der Waals surface area contributed by atoms with Crippen LogP contribution in [0.1, 0.15) is 42.6 Å². The second-order valence-electron chi connectivity index (χ2n) is 6.84. The Balaban J connectivity index is 3.30. The molecule has 2 unspecified atom stereocenters. The third-order valence-corrected chi connectivity index (χ3v) is 4.26. The van der Waals surface area contributed by atoms with Crippen LogP contribution in [0.3, 0.4) is 0 Å². The molecule has 3 nitrogen and oxygen atoms in total. The second-order valence-corrected chi connectivity index (χ2v) is 12.0. The standard InChI is InChI=1S/C15H26NO2PS2/c1-11(2)13-8-7-12(3)9-14(13)15(10-16(4,5)6)18-19(17,20)21/h7-9,11,15H,10H2,1-6H3,(H-,17,20,21)/p+1. The minimum atomic E-state index is -3.02. The van der Waals surface area contributed by atoms with E-state index in [-0.39, 0.29) is 6.10 Å². The summed E-state index contributed by atoms with van der Waals surface area (Å²) in [5.74, 6) is 0.385. The van der Waals surface area contributed by atoms with E-state index in [1.54, 1.807) is 0 Å². The summed E-state index contributed by atoms with van der Waals surface area (Å²) in [5.41, 5.74) is 0.494. The highest BCUT2D eigenvalue weighted by molar-refractivity contribution is 8.59. The Morgan fingerprint density at radius 1 is 1.29 bits per heavy atom. The van der Waals surface area contributed by atoms with Gasteiger partial charge in [0.15, 0.2) is 0 Å². The predicted octanol–water partition coefficient (Wildman–Crippen LogP) is 4.03. The highest BCUT2D eigenvalue weighted by Gasteiger charge is 2.28. The lowest BCUT2D eigenvalue weighted by Crippen LogP contribution is -2.39. The number of rotatable bonds is 6. The molecule has 0 saturated carbocycles. The van der Waals surface area contributed by atoms with Gasteiger partial charge in [-0.05, 0) is 35.8 Å². The first kappa shape index (κ1) is 19.1. The fourth-order valence-electron chi connectivity index (χ4n) is 2.35. The van der Waals surface area contributed by atoms with Gasteiger partial charge in [0.1, 0.15) is 12.6 Å². The number of thiol groups is 1. The third kappa shape index (κ3) is 6.81. The number of quaternary nitrogens is 1. The van der Waals surface area contributed by atoms with Crippen LogP contribution in [0.25, 0.3) is 0 Å². The molecule has 0 bridgehead atoms. The van der Waals surface area contributed by atoms with Crippen molar-refractivity contribution in [3.63, 3.8) is 0 Å². The minimum Gasteiger partial charge on any atom is -0.338 e. The average molecular weight is 348 g/mol. The fraction of sp³-hybridized carbons (Fsp3) is 0.600. The van der Waals surface area contributed by atoms with Gasteiger partial charge < -0.3 is 13.9 Å². The van der Waals surface area contributed by atoms with Gasteiger partial charge in [0.25, 0.3) is 0 Å². The van der Waals surface area contributed by atoms with Crippen molar-refractivity contribution in [1.29, 1.82) is 0 Å². The molecule has 1 aromatic carbocycles. The van der Waals surface area contributed by atoms with Crippen molar-refractivity contribution in [1.82, 2.24) is 0 Å². The minimum absolute atomic E-state index is 0.254. The molecular weight excluding hydrogens is 321 g/mol. The zero-order valence-corrected chi connectivity index (χ0v) is 16.3. The Labute approximate surface area is 139 Å². The Kier molecular flexibility index (Phi) is 6.49. The zero-order chi connectivity index (χ0) is 16.4. The van der Waals surface area contributed by atoms with Crippen LogP contribution in [-0.4, -0.2) is 37.1 Å². The van der Waals surface area contributed by atoms with E-state index in [1.165, 1.54) is 11.1 Å². The summed E-state index contributed by atoms with van der Waals surface area (Å²) in [5, 5.41) is 0. The van der Waals surface area contributed by atoms with Crippen LogP contribution >= 0.6 is 17.9 Å². The summed E-state index contributed by atoms with van der Waals surface area (Å²) in [4.78, 5) is 9.91. The van der Waals surface area contributed by atoms with Crippen molar-refractivity contribution < 1.29 is 13.9 Å². The number of aryl methyl sites for hydroxylation is 1. The van der Waals surface area contributed by atoms with Crippen LogP contribution in [0.15, 0.2) is 18.2 Å². The van der Waals surface area contributed by atoms with Gasteiger partial charge in [-0.2, -0.15) is 0 Å². The SMILES string of the molecule is Cc1ccc(C(C)C)c(C(C[N+](C)(C)C)OP(O)(=S)S)c1. The van der Waals surface area contributed by atoms with E-state index in [2.05, 4.69) is 72.4 Å². The van der Waals surface area contributed by atoms with Crippen LogP contribution in [0, 0.1) is 6.92 Å². The van der Waals surface area contributed by atoms with Gasteiger partial charge in [-0.1, -0.05) is 49.9 Å². The molecule has 0 aromatic heterocycles. The lowest BCUT2D eigenvalue weighted by atomic mass is 9.92. The van der Waals surface area contributed by atoms with Gasteiger partial charge in [0.2, 0.25) is 5.69 Å². The molecule has 0 aliphatic carbocycles. The molecule has 0 amide bonds. The van der Waals surface area contributed by atoms with E-state index in [0.717, 1.165) is 16.6 Å². The molecular formula is C15H27NO2PS2+. The van der Waals surface area contributed by atoms with Crippen molar-refractivity contribution in [2.45, 2.75) is 32.8 Å². The molecule has 0 saturated heterocycles. The number of nitrogens with zero attached hydrogens (tertiary/aromatic N) is 1. The van der Waals surface area contributed by atoms with Gasteiger partial charge >= 0.3 is 0 Å². The highest BCUT2D eigenvalue weighted by atomic mass is 32.9. The van der Waals surface area contributed by atoms with Gasteiger partial charge in [0, 0.05) is 0 Å². The van der Waals surface area contributed by atoms with Crippen LogP contribution in [0.2, 0.25) is 0 Å². The van der Waals surface area contributed by atoms with Crippen LogP contribution in [0.5, 0.6) is 0 Å². The van der Waals surface area contributed by atoms with Crippen molar-refractivity contribution >= 4 is 29.7 Å². The average Bonchev–Trinajstić information content (AvgIpc) is 2.23. The normalized spacial score (nSPS) is 16.8. The smallest absolute Gasteiger partial charge is 0.242 e. The Morgan fingerprint density at radius 3 is 2.29 bits per heavy atom. The maximum atomic E-state index is 9.91. The van der Waals surface area contributed by atoms with Crippen molar-refractivity contribution in [2.75, 3.05) is 27.7 Å². The van der Waals surface area contributed by atoms with E-state index < -0.39 is 5.69 Å². The molecule has 2 atom stereocenters. The van der Waals surface area contributed by atoms with Gasteiger partial charge in [-0.15, -0.1) is 0 Å². The van der Waals surface area contributed by atoms with Gasteiger partial charge in [-0.3, -0.25) is 0 Å². The maximum Gasteiger partial charge on any atom is 0.242 e. The lowest BCUT2D eigenvalue weighted by molar-refractivity contribution is -0.873. The molecule has 0 heterocycles. The molecule has 120 valence electrons. The number of likely N-dealkylation sites (N-methyl/N-ethyl adjacent to an activating group) is 1.